The smallest absolute Gasteiger partial charge is 0.161 e. The van der Waals surface area contributed by atoms with Gasteiger partial charge in [-0.15, -0.1) is 0 Å². The summed E-state index contributed by atoms with van der Waals surface area (Å²) in [6, 6.07) is 12.0. The molecule has 1 aliphatic heterocycles. The zero-order valence-electron chi connectivity index (χ0n) is 16.3. The Morgan fingerprint density at radius 3 is 1.35 bits per heavy atom. The minimum Gasteiger partial charge on any atom is -0.324 e. The van der Waals surface area contributed by atoms with E-state index in [9.17, 15) is 0 Å². The average Bonchev–Trinajstić information content (AvgIpc) is 2.52. The Morgan fingerprint density at radius 2 is 1.08 bits per heavy atom. The average molecular weight is 390 g/mol. The summed E-state index contributed by atoms with van der Waals surface area (Å²) in [5.74, 6) is 1.82. The molecule has 6 nitrogen and oxygen atoms in total. The van der Waals surface area contributed by atoms with Gasteiger partial charge < -0.3 is 10.2 Å². The molecule has 2 aromatic heterocycles. The van der Waals surface area contributed by atoms with E-state index >= 15 is 0 Å². The van der Waals surface area contributed by atoms with Crippen molar-refractivity contribution in [3.63, 3.8) is 0 Å². The van der Waals surface area contributed by atoms with Gasteiger partial charge >= 0.3 is 0 Å². The Bertz CT molecular complexity index is 642. The Morgan fingerprint density at radius 1 is 0.692 bits per heavy atom. The minimum atomic E-state index is -0.720. The van der Waals surface area contributed by atoms with Crippen molar-refractivity contribution in [3.8, 4) is 0 Å². The van der Waals surface area contributed by atoms with Gasteiger partial charge in [0.15, 0.2) is 16.7 Å². The van der Waals surface area contributed by atoms with Crippen molar-refractivity contribution in [2.75, 3.05) is 10.2 Å². The largest absolute Gasteiger partial charge is 0.324 e. The summed E-state index contributed by atoms with van der Waals surface area (Å²) in [6.07, 6.45) is 3.66. The van der Waals surface area contributed by atoms with Crippen molar-refractivity contribution in [1.29, 1.82) is 0 Å². The standard InChI is InChI=1S/C18H28N6P2/c1-17(2,3)23-25(21-15-11-7-9-13-19-15)24(18(4,5)6)26(23)22-16-12-8-10-14-20-16/h7-14H,1-6H3,(H,19,21)(H,20,22). The van der Waals surface area contributed by atoms with Gasteiger partial charge in [0.2, 0.25) is 0 Å². The molecule has 0 aromatic carbocycles. The molecular formula is C18H28N6P2. The van der Waals surface area contributed by atoms with Crippen LogP contribution in [0.2, 0.25) is 0 Å². The number of anilines is 2. The molecule has 0 radical (unpaired) electrons. The molecule has 1 aliphatic rings. The van der Waals surface area contributed by atoms with Gasteiger partial charge in [0.25, 0.3) is 0 Å². The molecule has 1 saturated heterocycles. The molecule has 0 aliphatic carbocycles. The maximum atomic E-state index is 4.47. The van der Waals surface area contributed by atoms with Crippen molar-refractivity contribution >= 4 is 28.4 Å². The Labute approximate surface area is 159 Å². The van der Waals surface area contributed by atoms with Crippen LogP contribution >= 0.6 is 16.7 Å². The normalized spacial score (nSPS) is 21.9. The molecule has 1 fully saturated rings. The second kappa shape index (κ2) is 7.36. The number of aromatic nitrogens is 2. The predicted molar refractivity (Wildman–Crippen MR) is 113 cm³/mol. The van der Waals surface area contributed by atoms with Crippen molar-refractivity contribution in [1.82, 2.24) is 18.8 Å². The highest BCUT2D eigenvalue weighted by Crippen LogP contribution is 2.79. The van der Waals surface area contributed by atoms with E-state index in [1.54, 1.807) is 0 Å². The van der Waals surface area contributed by atoms with Gasteiger partial charge in [-0.05, 0) is 65.8 Å². The highest BCUT2D eigenvalue weighted by molar-refractivity contribution is 7.84. The van der Waals surface area contributed by atoms with E-state index in [0.29, 0.717) is 0 Å². The van der Waals surface area contributed by atoms with E-state index in [1.165, 1.54) is 0 Å². The van der Waals surface area contributed by atoms with Gasteiger partial charge in [-0.25, -0.2) is 9.97 Å². The van der Waals surface area contributed by atoms with Crippen molar-refractivity contribution < 1.29 is 0 Å². The number of hydrogen-bond acceptors (Lipinski definition) is 6. The summed E-state index contributed by atoms with van der Waals surface area (Å²) in [4.78, 5) is 8.94. The summed E-state index contributed by atoms with van der Waals surface area (Å²) in [6.45, 7) is 13.6. The lowest BCUT2D eigenvalue weighted by Crippen LogP contribution is -2.55. The van der Waals surface area contributed by atoms with Crippen LogP contribution in [0.25, 0.3) is 0 Å². The van der Waals surface area contributed by atoms with Crippen LogP contribution in [0.5, 0.6) is 0 Å². The van der Waals surface area contributed by atoms with Crippen LogP contribution in [0.3, 0.4) is 0 Å². The maximum absolute atomic E-state index is 4.47. The third kappa shape index (κ3) is 4.15. The van der Waals surface area contributed by atoms with Crippen LogP contribution in [0.4, 0.5) is 11.6 Å². The zero-order chi connectivity index (χ0) is 18.9. The lowest BCUT2D eigenvalue weighted by molar-refractivity contribution is 0.286. The van der Waals surface area contributed by atoms with E-state index < -0.39 is 16.7 Å². The van der Waals surface area contributed by atoms with Crippen LogP contribution in [0.15, 0.2) is 48.8 Å². The molecular weight excluding hydrogens is 362 g/mol. The number of pyridine rings is 2. The molecule has 0 bridgehead atoms. The van der Waals surface area contributed by atoms with E-state index in [4.69, 9.17) is 0 Å². The maximum Gasteiger partial charge on any atom is 0.161 e. The van der Waals surface area contributed by atoms with Gasteiger partial charge in [-0.2, -0.15) is 8.88 Å². The molecule has 8 heteroatoms. The van der Waals surface area contributed by atoms with Crippen molar-refractivity contribution in [2.24, 2.45) is 0 Å². The molecule has 0 saturated carbocycles. The summed E-state index contributed by atoms with van der Waals surface area (Å²) in [5, 5.41) is 7.34. The van der Waals surface area contributed by atoms with Crippen LogP contribution < -0.4 is 10.2 Å². The summed E-state index contributed by atoms with van der Waals surface area (Å²) in [7, 11) is -1.44. The summed E-state index contributed by atoms with van der Waals surface area (Å²) >= 11 is 0. The summed E-state index contributed by atoms with van der Waals surface area (Å²) < 4.78 is 5.10. The monoisotopic (exact) mass is 390 g/mol. The Hall–Kier alpha value is -1.32. The highest BCUT2D eigenvalue weighted by atomic mass is 31.3. The fraction of sp³-hybridized carbons (Fsp3) is 0.444. The summed E-state index contributed by atoms with van der Waals surface area (Å²) in [5.41, 5.74) is 0.0332. The Balaban J connectivity index is 1.91. The number of rotatable bonds is 4. The topological polar surface area (TPSA) is 56.3 Å². The van der Waals surface area contributed by atoms with Gasteiger partial charge in [0.05, 0.1) is 0 Å². The Kier molecular flexibility index (Phi) is 5.50. The molecule has 3 heterocycles. The zero-order valence-corrected chi connectivity index (χ0v) is 18.1. The molecule has 0 spiro atoms. The van der Waals surface area contributed by atoms with E-state index in [2.05, 4.69) is 70.6 Å². The third-order valence-corrected chi connectivity index (χ3v) is 10.4. The second-order valence-electron chi connectivity index (χ2n) is 8.15. The predicted octanol–water partition coefficient (Wildman–Crippen LogP) is 5.67. The SMILES string of the molecule is CC(C)(C)N1P(Nc2ccccn2)N(C(C)(C)C)P1Nc1ccccn1. The van der Waals surface area contributed by atoms with Gasteiger partial charge in [-0.3, -0.25) is 0 Å². The number of nitrogens with one attached hydrogen (secondary N) is 2. The molecule has 0 amide bonds. The van der Waals surface area contributed by atoms with E-state index in [1.807, 2.05) is 48.8 Å². The second-order valence-corrected chi connectivity index (χ2v) is 12.0. The molecule has 26 heavy (non-hydrogen) atoms. The molecule has 0 atom stereocenters. The van der Waals surface area contributed by atoms with Crippen molar-refractivity contribution in [2.45, 2.75) is 52.6 Å². The fourth-order valence-electron chi connectivity index (χ4n) is 2.68. The third-order valence-electron chi connectivity index (χ3n) is 3.68. The highest BCUT2D eigenvalue weighted by Gasteiger charge is 2.57. The van der Waals surface area contributed by atoms with Crippen LogP contribution in [0, 0.1) is 0 Å². The van der Waals surface area contributed by atoms with E-state index in [-0.39, 0.29) is 11.1 Å². The first kappa shape index (κ1) is 19.4. The quantitative estimate of drug-likeness (QED) is 0.656. The van der Waals surface area contributed by atoms with Gasteiger partial charge in [0.1, 0.15) is 11.6 Å². The fourth-order valence-corrected chi connectivity index (χ4v) is 8.59. The van der Waals surface area contributed by atoms with Crippen molar-refractivity contribution in [3.05, 3.63) is 48.8 Å². The molecule has 3 rings (SSSR count). The molecule has 2 N–H and O–H groups in total. The van der Waals surface area contributed by atoms with Gasteiger partial charge in [0, 0.05) is 23.5 Å². The lowest BCUT2D eigenvalue weighted by atomic mass is 10.1. The van der Waals surface area contributed by atoms with Crippen LogP contribution in [-0.2, 0) is 0 Å². The minimum absolute atomic E-state index is 0.0166. The first-order valence-corrected chi connectivity index (χ1v) is 11.2. The van der Waals surface area contributed by atoms with Crippen LogP contribution in [0.1, 0.15) is 41.5 Å². The number of nitrogens with zero attached hydrogens (tertiary/aromatic N) is 4. The van der Waals surface area contributed by atoms with E-state index in [0.717, 1.165) is 11.6 Å². The lowest BCUT2D eigenvalue weighted by Gasteiger charge is -2.63. The first-order chi connectivity index (χ1) is 12.2. The first-order valence-electron chi connectivity index (χ1n) is 8.74. The molecule has 140 valence electrons. The van der Waals surface area contributed by atoms with Gasteiger partial charge in [-0.1, -0.05) is 12.1 Å². The molecule has 0 unspecified atom stereocenters. The van der Waals surface area contributed by atoms with Crippen LogP contribution in [-0.4, -0.2) is 29.9 Å². The number of hydrogen-bond donors (Lipinski definition) is 2. The molecule has 2 aromatic rings.